The Labute approximate surface area is 164 Å². The summed E-state index contributed by atoms with van der Waals surface area (Å²) < 4.78 is 1.35. The number of fused-ring (bicyclic) bond motifs is 1. The average molecular weight is 400 g/mol. The van der Waals surface area contributed by atoms with Crippen LogP contribution in [0.3, 0.4) is 0 Å². The standard InChI is InChI=1S/C19H15Cl2N5O/c1-11-18(14-6-5-12(20)8-15(14)21)19-24-13(9-17(27)26(19)25-11)10-23-16-4-2-3-7-22-16/h2-9,24H,10H2,1H3,(H,22,23). The van der Waals surface area contributed by atoms with Crippen molar-refractivity contribution >= 4 is 34.7 Å². The number of nitrogens with zero attached hydrogens (tertiary/aromatic N) is 3. The lowest BCUT2D eigenvalue weighted by molar-refractivity contribution is 0.863. The number of pyridine rings is 1. The second-order valence-corrected chi connectivity index (χ2v) is 6.89. The number of anilines is 1. The number of H-pyrrole nitrogens is 1. The largest absolute Gasteiger partial charge is 0.365 e. The van der Waals surface area contributed by atoms with Gasteiger partial charge < -0.3 is 10.3 Å². The van der Waals surface area contributed by atoms with Crippen LogP contribution in [0, 0.1) is 6.92 Å². The predicted molar refractivity (Wildman–Crippen MR) is 108 cm³/mol. The monoisotopic (exact) mass is 399 g/mol. The lowest BCUT2D eigenvalue weighted by Crippen LogP contribution is -2.17. The molecular weight excluding hydrogens is 385 g/mol. The maximum Gasteiger partial charge on any atom is 0.274 e. The van der Waals surface area contributed by atoms with Gasteiger partial charge in [-0.05, 0) is 31.2 Å². The molecule has 0 spiro atoms. The van der Waals surface area contributed by atoms with Gasteiger partial charge in [0.1, 0.15) is 11.5 Å². The number of hydrogen-bond acceptors (Lipinski definition) is 4. The Morgan fingerprint density at radius 1 is 1.19 bits per heavy atom. The number of halogens is 2. The minimum atomic E-state index is -0.221. The highest BCUT2D eigenvalue weighted by atomic mass is 35.5. The number of aromatic nitrogens is 4. The Bertz CT molecular complexity index is 1180. The van der Waals surface area contributed by atoms with Gasteiger partial charge in [-0.15, -0.1) is 0 Å². The van der Waals surface area contributed by atoms with Gasteiger partial charge in [0.15, 0.2) is 0 Å². The zero-order chi connectivity index (χ0) is 19.0. The second kappa shape index (κ2) is 7.06. The van der Waals surface area contributed by atoms with Gasteiger partial charge in [0, 0.05) is 34.1 Å². The average Bonchev–Trinajstić information content (AvgIpc) is 2.98. The van der Waals surface area contributed by atoms with E-state index >= 15 is 0 Å². The summed E-state index contributed by atoms with van der Waals surface area (Å²) in [5.41, 5.74) is 3.31. The third-order valence-electron chi connectivity index (χ3n) is 4.17. The molecule has 4 rings (SSSR count). The molecule has 0 atom stereocenters. The smallest absolute Gasteiger partial charge is 0.274 e. The van der Waals surface area contributed by atoms with Gasteiger partial charge >= 0.3 is 0 Å². The highest BCUT2D eigenvalue weighted by Gasteiger charge is 2.17. The number of hydrogen-bond donors (Lipinski definition) is 2. The van der Waals surface area contributed by atoms with Gasteiger partial charge in [0.05, 0.1) is 17.3 Å². The van der Waals surface area contributed by atoms with E-state index in [2.05, 4.69) is 20.4 Å². The number of aryl methyl sites for hydroxylation is 1. The molecule has 0 aliphatic rings. The van der Waals surface area contributed by atoms with Crippen molar-refractivity contribution in [1.82, 2.24) is 19.6 Å². The van der Waals surface area contributed by atoms with Crippen LogP contribution in [0.25, 0.3) is 16.8 Å². The van der Waals surface area contributed by atoms with E-state index in [0.717, 1.165) is 16.9 Å². The van der Waals surface area contributed by atoms with Crippen molar-refractivity contribution in [2.45, 2.75) is 13.5 Å². The summed E-state index contributed by atoms with van der Waals surface area (Å²) in [5.74, 6) is 0.726. The third-order valence-corrected chi connectivity index (χ3v) is 4.72. The summed E-state index contributed by atoms with van der Waals surface area (Å²) in [5, 5.41) is 8.59. The van der Waals surface area contributed by atoms with E-state index in [1.54, 1.807) is 18.3 Å². The number of rotatable bonds is 4. The van der Waals surface area contributed by atoms with Crippen molar-refractivity contribution in [3.05, 3.63) is 80.4 Å². The molecule has 0 aliphatic heterocycles. The molecule has 27 heavy (non-hydrogen) atoms. The molecule has 6 nitrogen and oxygen atoms in total. The maximum absolute atomic E-state index is 12.5. The molecule has 0 aliphatic carbocycles. The molecule has 0 saturated heterocycles. The van der Waals surface area contributed by atoms with Crippen LogP contribution < -0.4 is 10.9 Å². The van der Waals surface area contributed by atoms with Crippen molar-refractivity contribution < 1.29 is 0 Å². The summed E-state index contributed by atoms with van der Waals surface area (Å²) in [7, 11) is 0. The number of nitrogens with one attached hydrogen (secondary N) is 2. The lowest BCUT2D eigenvalue weighted by atomic mass is 10.1. The van der Waals surface area contributed by atoms with Crippen LogP contribution in [0.5, 0.6) is 0 Å². The van der Waals surface area contributed by atoms with Crippen molar-refractivity contribution in [1.29, 1.82) is 0 Å². The molecule has 0 saturated carbocycles. The van der Waals surface area contributed by atoms with Crippen LogP contribution in [-0.2, 0) is 6.54 Å². The Hall–Kier alpha value is -2.83. The molecule has 3 heterocycles. The minimum absolute atomic E-state index is 0.221. The first-order chi connectivity index (χ1) is 13.0. The van der Waals surface area contributed by atoms with Crippen molar-refractivity contribution in [3.63, 3.8) is 0 Å². The summed E-state index contributed by atoms with van der Waals surface area (Å²) in [6.07, 6.45) is 1.70. The predicted octanol–water partition coefficient (Wildman–Crippen LogP) is 4.31. The molecule has 3 aromatic heterocycles. The first-order valence-corrected chi connectivity index (χ1v) is 9.00. The van der Waals surface area contributed by atoms with E-state index in [1.807, 2.05) is 31.2 Å². The van der Waals surface area contributed by atoms with Crippen LogP contribution in [-0.4, -0.2) is 19.6 Å². The number of benzene rings is 1. The summed E-state index contributed by atoms with van der Waals surface area (Å²) >= 11 is 12.4. The van der Waals surface area contributed by atoms with E-state index in [-0.39, 0.29) is 5.56 Å². The van der Waals surface area contributed by atoms with Gasteiger partial charge in [-0.2, -0.15) is 9.61 Å². The second-order valence-electron chi connectivity index (χ2n) is 6.05. The van der Waals surface area contributed by atoms with Crippen LogP contribution in [0.15, 0.2) is 53.5 Å². The Morgan fingerprint density at radius 2 is 2.04 bits per heavy atom. The minimum Gasteiger partial charge on any atom is -0.365 e. The molecule has 2 N–H and O–H groups in total. The topological polar surface area (TPSA) is 75.1 Å². The van der Waals surface area contributed by atoms with Crippen LogP contribution in [0.4, 0.5) is 5.82 Å². The van der Waals surface area contributed by atoms with Gasteiger partial charge in [-0.3, -0.25) is 4.79 Å². The maximum atomic E-state index is 12.5. The van der Waals surface area contributed by atoms with Crippen LogP contribution >= 0.6 is 23.2 Å². The zero-order valence-electron chi connectivity index (χ0n) is 14.3. The molecule has 0 fully saturated rings. The molecule has 0 bridgehead atoms. The van der Waals surface area contributed by atoms with Gasteiger partial charge in [0.25, 0.3) is 5.56 Å². The molecule has 0 radical (unpaired) electrons. The van der Waals surface area contributed by atoms with Crippen molar-refractivity contribution in [3.8, 4) is 11.1 Å². The molecule has 0 unspecified atom stereocenters. The molecule has 4 aromatic rings. The van der Waals surface area contributed by atoms with Gasteiger partial charge in [-0.1, -0.05) is 35.3 Å². The quantitative estimate of drug-likeness (QED) is 0.535. The fourth-order valence-corrected chi connectivity index (χ4v) is 3.47. The Kier molecular flexibility index (Phi) is 4.59. The molecule has 1 aromatic carbocycles. The molecule has 0 amide bonds. The van der Waals surface area contributed by atoms with E-state index in [1.165, 1.54) is 10.6 Å². The van der Waals surface area contributed by atoms with Crippen LogP contribution in [0.2, 0.25) is 10.0 Å². The molecular formula is C19H15Cl2N5O. The SMILES string of the molecule is Cc1nn2c(=O)cc(CNc3ccccn3)[nH]c2c1-c1ccc(Cl)cc1Cl. The Morgan fingerprint density at radius 3 is 2.78 bits per heavy atom. The van der Waals surface area contributed by atoms with Crippen molar-refractivity contribution in [2.75, 3.05) is 5.32 Å². The lowest BCUT2D eigenvalue weighted by Gasteiger charge is -2.08. The summed E-state index contributed by atoms with van der Waals surface area (Å²) in [6.45, 7) is 2.26. The molecule has 8 heteroatoms. The van der Waals surface area contributed by atoms with E-state index < -0.39 is 0 Å². The van der Waals surface area contributed by atoms with E-state index in [0.29, 0.717) is 33.6 Å². The summed E-state index contributed by atoms with van der Waals surface area (Å²) in [6, 6.07) is 12.4. The third kappa shape index (κ3) is 3.41. The fourth-order valence-electron chi connectivity index (χ4n) is 2.96. The van der Waals surface area contributed by atoms with Gasteiger partial charge in [-0.25, -0.2) is 4.98 Å². The Balaban J connectivity index is 1.80. The fraction of sp³-hybridized carbons (Fsp3) is 0.105. The first kappa shape index (κ1) is 17.6. The highest BCUT2D eigenvalue weighted by Crippen LogP contribution is 2.34. The highest BCUT2D eigenvalue weighted by molar-refractivity contribution is 6.36. The van der Waals surface area contributed by atoms with E-state index in [4.69, 9.17) is 23.2 Å². The van der Waals surface area contributed by atoms with Gasteiger partial charge in [0.2, 0.25) is 0 Å². The molecule has 136 valence electrons. The van der Waals surface area contributed by atoms with Crippen molar-refractivity contribution in [2.24, 2.45) is 0 Å². The zero-order valence-corrected chi connectivity index (χ0v) is 15.8. The van der Waals surface area contributed by atoms with Crippen LogP contribution in [0.1, 0.15) is 11.4 Å². The normalized spacial score (nSPS) is 11.1. The first-order valence-electron chi connectivity index (χ1n) is 8.25. The summed E-state index contributed by atoms with van der Waals surface area (Å²) in [4.78, 5) is 20.0. The number of aromatic amines is 1. The van der Waals surface area contributed by atoms with E-state index in [9.17, 15) is 4.79 Å².